The van der Waals surface area contributed by atoms with Crippen molar-refractivity contribution in [2.75, 3.05) is 46.1 Å². The van der Waals surface area contributed by atoms with Crippen molar-refractivity contribution in [3.8, 4) is 5.75 Å². The fraction of sp³-hybridized carbons (Fsp3) is 0.556. The van der Waals surface area contributed by atoms with Gasteiger partial charge in [-0.25, -0.2) is 0 Å². The molecule has 1 fully saturated rings. The third-order valence-electron chi connectivity index (χ3n) is 3.66. The molecule has 0 aromatic heterocycles. The molecule has 5 nitrogen and oxygen atoms in total. The monoisotopic (exact) mass is 321 g/mol. The number of hydrogen-bond acceptors (Lipinski definition) is 5. The number of morpholine rings is 1. The van der Waals surface area contributed by atoms with Crippen LogP contribution < -0.4 is 4.74 Å². The summed E-state index contributed by atoms with van der Waals surface area (Å²) in [6.07, 6.45) is 1.21. The van der Waals surface area contributed by atoms with Crippen molar-refractivity contribution in [1.82, 2.24) is 4.90 Å². The van der Waals surface area contributed by atoms with E-state index in [1.807, 2.05) is 31.2 Å². The molecule has 5 heteroatoms. The van der Waals surface area contributed by atoms with Gasteiger partial charge in [0.25, 0.3) is 0 Å². The number of aliphatic hydroxyl groups is 1. The molecule has 0 amide bonds. The van der Waals surface area contributed by atoms with E-state index in [1.165, 1.54) is 5.56 Å². The largest absolute Gasteiger partial charge is 0.491 e. The van der Waals surface area contributed by atoms with E-state index in [-0.39, 0.29) is 6.10 Å². The molecule has 2 unspecified atom stereocenters. The minimum absolute atomic E-state index is 0.0190. The van der Waals surface area contributed by atoms with Crippen LogP contribution in [0.5, 0.6) is 5.75 Å². The first-order valence-electron chi connectivity index (χ1n) is 8.07. The Morgan fingerprint density at radius 3 is 3.17 bits per heavy atom. The number of hydrogen-bond donors (Lipinski definition) is 1. The normalized spacial score (nSPS) is 20.2. The Morgan fingerprint density at radius 1 is 1.52 bits per heavy atom. The smallest absolute Gasteiger partial charge is 0.119 e. The van der Waals surface area contributed by atoms with E-state index in [0.29, 0.717) is 33.0 Å². The van der Waals surface area contributed by atoms with Gasteiger partial charge in [-0.15, -0.1) is 6.58 Å². The molecule has 128 valence electrons. The van der Waals surface area contributed by atoms with Crippen molar-refractivity contribution in [3.05, 3.63) is 42.5 Å². The Labute approximate surface area is 138 Å². The molecule has 0 spiro atoms. The first kappa shape index (κ1) is 17.9. The lowest BCUT2D eigenvalue weighted by atomic mass is 10.2. The standard InChI is InChI=1S/C18H27NO4/c1-3-8-21-13-16(20)11-19-7-9-22-18(12-19)14-23-17-6-4-5-15(2)10-17/h3-6,10,16,18,20H,1,7-9,11-14H2,2H3. The number of β-amino-alcohol motifs (C(OH)–C–C–N with tert-alkyl or cyclic N) is 1. The second-order valence-corrected chi connectivity index (χ2v) is 5.86. The Kier molecular flexibility index (Phi) is 7.55. The fourth-order valence-corrected chi connectivity index (χ4v) is 2.58. The molecule has 2 rings (SSSR count). The van der Waals surface area contributed by atoms with Crippen molar-refractivity contribution in [2.45, 2.75) is 19.1 Å². The number of benzene rings is 1. The molecule has 1 aromatic rings. The maximum Gasteiger partial charge on any atom is 0.119 e. The molecule has 23 heavy (non-hydrogen) atoms. The second-order valence-electron chi connectivity index (χ2n) is 5.86. The van der Waals surface area contributed by atoms with Crippen LogP contribution in [0.1, 0.15) is 5.56 Å². The van der Waals surface area contributed by atoms with Crippen LogP contribution in [-0.4, -0.2) is 68.3 Å². The SMILES string of the molecule is C=CCOCC(O)CN1CCOC(COc2cccc(C)c2)C1. The second kappa shape index (κ2) is 9.67. The van der Waals surface area contributed by atoms with Crippen molar-refractivity contribution >= 4 is 0 Å². The van der Waals surface area contributed by atoms with Crippen molar-refractivity contribution in [2.24, 2.45) is 0 Å². The predicted molar refractivity (Wildman–Crippen MR) is 89.9 cm³/mol. The number of ether oxygens (including phenoxy) is 3. The van der Waals surface area contributed by atoms with Gasteiger partial charge in [0.15, 0.2) is 0 Å². The Morgan fingerprint density at radius 2 is 2.39 bits per heavy atom. The lowest BCUT2D eigenvalue weighted by Gasteiger charge is -2.33. The lowest BCUT2D eigenvalue weighted by Crippen LogP contribution is -2.48. The molecule has 1 aliphatic heterocycles. The van der Waals surface area contributed by atoms with Gasteiger partial charge in [0.2, 0.25) is 0 Å². The van der Waals surface area contributed by atoms with Gasteiger partial charge < -0.3 is 19.3 Å². The number of aliphatic hydroxyl groups excluding tert-OH is 1. The van der Waals surface area contributed by atoms with Gasteiger partial charge in [-0.2, -0.15) is 0 Å². The van der Waals surface area contributed by atoms with Gasteiger partial charge in [-0.1, -0.05) is 18.2 Å². The highest BCUT2D eigenvalue weighted by atomic mass is 16.5. The Balaban J connectivity index is 1.71. The summed E-state index contributed by atoms with van der Waals surface area (Å²) in [7, 11) is 0. The van der Waals surface area contributed by atoms with Gasteiger partial charge in [0, 0.05) is 19.6 Å². The summed E-state index contributed by atoms with van der Waals surface area (Å²) in [5.74, 6) is 0.864. The molecule has 1 heterocycles. The molecule has 1 saturated heterocycles. The van der Waals surface area contributed by atoms with E-state index >= 15 is 0 Å². The molecule has 0 saturated carbocycles. The molecular weight excluding hydrogens is 294 g/mol. The van der Waals surface area contributed by atoms with Crippen LogP contribution in [0.4, 0.5) is 0 Å². The van der Waals surface area contributed by atoms with E-state index in [0.717, 1.165) is 18.8 Å². The highest BCUT2D eigenvalue weighted by Gasteiger charge is 2.22. The van der Waals surface area contributed by atoms with Gasteiger partial charge >= 0.3 is 0 Å². The average molecular weight is 321 g/mol. The van der Waals surface area contributed by atoms with E-state index in [4.69, 9.17) is 14.2 Å². The molecule has 2 atom stereocenters. The van der Waals surface area contributed by atoms with Crippen molar-refractivity contribution in [3.63, 3.8) is 0 Å². The maximum atomic E-state index is 9.98. The molecule has 0 bridgehead atoms. The number of rotatable bonds is 9. The molecule has 0 aliphatic carbocycles. The van der Waals surface area contributed by atoms with Crippen LogP contribution in [0.15, 0.2) is 36.9 Å². The third-order valence-corrected chi connectivity index (χ3v) is 3.66. The van der Waals surface area contributed by atoms with Gasteiger partial charge in [-0.3, -0.25) is 4.90 Å². The first-order chi connectivity index (χ1) is 11.2. The Hall–Kier alpha value is -1.40. The van der Waals surface area contributed by atoms with E-state index in [9.17, 15) is 5.11 Å². The molecule has 1 aliphatic rings. The van der Waals surface area contributed by atoms with Crippen LogP contribution in [-0.2, 0) is 9.47 Å². The zero-order valence-electron chi connectivity index (χ0n) is 13.8. The summed E-state index contributed by atoms with van der Waals surface area (Å²) in [6, 6.07) is 8.00. The summed E-state index contributed by atoms with van der Waals surface area (Å²) in [6.45, 7) is 9.75. The average Bonchev–Trinajstić information content (AvgIpc) is 2.54. The first-order valence-corrected chi connectivity index (χ1v) is 8.07. The Bertz CT molecular complexity index is 480. The number of aryl methyl sites for hydroxylation is 1. The van der Waals surface area contributed by atoms with E-state index in [2.05, 4.69) is 11.5 Å². The minimum Gasteiger partial charge on any atom is -0.491 e. The number of nitrogens with zero attached hydrogens (tertiary/aromatic N) is 1. The fourth-order valence-electron chi connectivity index (χ4n) is 2.58. The van der Waals surface area contributed by atoms with Gasteiger partial charge in [0.05, 0.1) is 25.9 Å². The summed E-state index contributed by atoms with van der Waals surface area (Å²) < 4.78 is 16.8. The van der Waals surface area contributed by atoms with Crippen LogP contribution in [0, 0.1) is 6.92 Å². The maximum absolute atomic E-state index is 9.98. The van der Waals surface area contributed by atoms with Crippen LogP contribution in [0.2, 0.25) is 0 Å². The zero-order valence-corrected chi connectivity index (χ0v) is 13.8. The summed E-state index contributed by atoms with van der Waals surface area (Å²) in [5, 5.41) is 9.98. The zero-order chi connectivity index (χ0) is 16.5. The lowest BCUT2D eigenvalue weighted by molar-refractivity contribution is -0.0636. The topological polar surface area (TPSA) is 51.2 Å². The highest BCUT2D eigenvalue weighted by molar-refractivity contribution is 5.27. The van der Waals surface area contributed by atoms with E-state index in [1.54, 1.807) is 6.08 Å². The summed E-state index contributed by atoms with van der Waals surface area (Å²) in [4.78, 5) is 2.19. The molecule has 1 N–H and O–H groups in total. The highest BCUT2D eigenvalue weighted by Crippen LogP contribution is 2.14. The van der Waals surface area contributed by atoms with Crippen LogP contribution in [0.3, 0.4) is 0 Å². The van der Waals surface area contributed by atoms with Crippen LogP contribution in [0.25, 0.3) is 0 Å². The van der Waals surface area contributed by atoms with Gasteiger partial charge in [-0.05, 0) is 24.6 Å². The van der Waals surface area contributed by atoms with Crippen LogP contribution >= 0.6 is 0 Å². The third kappa shape index (κ3) is 6.71. The van der Waals surface area contributed by atoms with Gasteiger partial charge in [0.1, 0.15) is 18.5 Å². The summed E-state index contributed by atoms with van der Waals surface area (Å²) >= 11 is 0. The van der Waals surface area contributed by atoms with Crippen molar-refractivity contribution < 1.29 is 19.3 Å². The molecular formula is C18H27NO4. The molecule has 0 radical (unpaired) electrons. The minimum atomic E-state index is -0.494. The van der Waals surface area contributed by atoms with E-state index < -0.39 is 6.10 Å². The quantitative estimate of drug-likeness (QED) is 0.553. The van der Waals surface area contributed by atoms with Crippen molar-refractivity contribution in [1.29, 1.82) is 0 Å². The molecule has 1 aromatic carbocycles. The predicted octanol–water partition coefficient (Wildman–Crippen LogP) is 1.64. The summed E-state index contributed by atoms with van der Waals surface area (Å²) in [5.41, 5.74) is 1.18.